The molecule has 1 aliphatic rings. The number of sulfonamides is 1. The van der Waals surface area contributed by atoms with Gasteiger partial charge in [0.1, 0.15) is 19.0 Å². The van der Waals surface area contributed by atoms with E-state index in [1.807, 2.05) is 0 Å². The van der Waals surface area contributed by atoms with Crippen LogP contribution in [0.15, 0.2) is 66.0 Å². The van der Waals surface area contributed by atoms with Gasteiger partial charge in [0.15, 0.2) is 11.5 Å². The van der Waals surface area contributed by atoms with Crippen LogP contribution < -0.4 is 18.9 Å². The molecule has 1 N–H and O–H groups in total. The summed E-state index contributed by atoms with van der Waals surface area (Å²) in [5.41, 5.74) is 0.353. The zero-order valence-corrected chi connectivity index (χ0v) is 14.8. The van der Waals surface area contributed by atoms with Crippen molar-refractivity contribution in [2.75, 3.05) is 17.9 Å². The second-order valence-corrected chi connectivity index (χ2v) is 7.27. The maximum absolute atomic E-state index is 12.7. The van der Waals surface area contributed by atoms with Crippen molar-refractivity contribution in [3.8, 4) is 23.1 Å². The van der Waals surface area contributed by atoms with Gasteiger partial charge in [-0.05, 0) is 24.3 Å². The molecule has 3 aromatic rings. The molecule has 0 amide bonds. The van der Waals surface area contributed by atoms with E-state index in [-0.39, 0.29) is 4.90 Å². The fourth-order valence-electron chi connectivity index (χ4n) is 2.49. The highest BCUT2D eigenvalue weighted by atomic mass is 32.2. The standard InChI is InChI=1S/C18H15N3O5S/c22-27(23,15-4-5-16-17(11-15)25-9-8-24-16)21-13-2-1-3-14(10-13)26-18-12-19-6-7-20-18/h1-7,10-12,21H,8-9H2. The molecule has 4 rings (SSSR count). The summed E-state index contributed by atoms with van der Waals surface area (Å²) in [5, 5.41) is 0. The Kier molecular flexibility index (Phi) is 4.51. The van der Waals surface area contributed by atoms with Crippen LogP contribution in [0.5, 0.6) is 23.1 Å². The first-order valence-electron chi connectivity index (χ1n) is 8.07. The third-order valence-corrected chi connectivity index (χ3v) is 5.05. The fraction of sp³-hybridized carbons (Fsp3) is 0.111. The minimum atomic E-state index is -3.81. The van der Waals surface area contributed by atoms with Crippen LogP contribution in [0.3, 0.4) is 0 Å². The molecule has 138 valence electrons. The number of fused-ring (bicyclic) bond motifs is 1. The molecule has 9 heteroatoms. The largest absolute Gasteiger partial charge is 0.486 e. The number of benzene rings is 2. The highest BCUT2D eigenvalue weighted by molar-refractivity contribution is 7.92. The van der Waals surface area contributed by atoms with Gasteiger partial charge in [-0.1, -0.05) is 6.07 Å². The van der Waals surface area contributed by atoms with Gasteiger partial charge in [-0.15, -0.1) is 0 Å². The summed E-state index contributed by atoms with van der Waals surface area (Å²) in [4.78, 5) is 8.01. The Balaban J connectivity index is 1.55. The zero-order chi connectivity index (χ0) is 18.7. The lowest BCUT2D eigenvalue weighted by Crippen LogP contribution is -2.17. The van der Waals surface area contributed by atoms with Gasteiger partial charge in [-0.2, -0.15) is 0 Å². The molecular formula is C18H15N3O5S. The van der Waals surface area contributed by atoms with Crippen LogP contribution in [0.4, 0.5) is 5.69 Å². The van der Waals surface area contributed by atoms with Crippen molar-refractivity contribution in [3.63, 3.8) is 0 Å². The molecule has 8 nitrogen and oxygen atoms in total. The van der Waals surface area contributed by atoms with Crippen molar-refractivity contribution >= 4 is 15.7 Å². The Hall–Kier alpha value is -3.33. The van der Waals surface area contributed by atoms with Crippen molar-refractivity contribution in [2.24, 2.45) is 0 Å². The number of rotatable bonds is 5. The van der Waals surface area contributed by atoms with E-state index in [1.54, 1.807) is 30.3 Å². The SMILES string of the molecule is O=S(=O)(Nc1cccc(Oc2cnccn2)c1)c1ccc2c(c1)OCCO2. The monoisotopic (exact) mass is 385 g/mol. The van der Waals surface area contributed by atoms with Gasteiger partial charge < -0.3 is 14.2 Å². The van der Waals surface area contributed by atoms with Gasteiger partial charge in [0.2, 0.25) is 5.88 Å². The topological polar surface area (TPSA) is 99.6 Å². The number of hydrogen-bond acceptors (Lipinski definition) is 7. The van der Waals surface area contributed by atoms with E-state index >= 15 is 0 Å². The maximum atomic E-state index is 12.7. The van der Waals surface area contributed by atoms with E-state index in [9.17, 15) is 8.42 Å². The Morgan fingerprint density at radius 2 is 1.85 bits per heavy atom. The molecular weight excluding hydrogens is 370 g/mol. The van der Waals surface area contributed by atoms with Crippen LogP contribution in [0.2, 0.25) is 0 Å². The molecule has 1 aliphatic heterocycles. The van der Waals surface area contributed by atoms with Gasteiger partial charge in [-0.3, -0.25) is 9.71 Å². The van der Waals surface area contributed by atoms with E-state index in [0.717, 1.165) is 0 Å². The predicted octanol–water partition coefficient (Wildman–Crippen LogP) is 2.84. The van der Waals surface area contributed by atoms with Gasteiger partial charge in [0.25, 0.3) is 10.0 Å². The summed E-state index contributed by atoms with van der Waals surface area (Å²) in [6.45, 7) is 0.821. The van der Waals surface area contributed by atoms with Gasteiger partial charge in [0, 0.05) is 24.5 Å². The molecule has 0 aliphatic carbocycles. The van der Waals surface area contributed by atoms with Crippen LogP contribution in [0.25, 0.3) is 0 Å². The molecule has 0 saturated carbocycles. The van der Waals surface area contributed by atoms with Crippen LogP contribution in [-0.4, -0.2) is 31.6 Å². The number of nitrogens with one attached hydrogen (secondary N) is 1. The minimum absolute atomic E-state index is 0.0759. The third kappa shape index (κ3) is 3.93. The van der Waals surface area contributed by atoms with Crippen LogP contribution >= 0.6 is 0 Å². The van der Waals surface area contributed by atoms with E-state index in [1.165, 1.54) is 30.7 Å². The summed E-state index contributed by atoms with van der Waals surface area (Å²) in [7, 11) is -3.81. The van der Waals surface area contributed by atoms with E-state index in [4.69, 9.17) is 14.2 Å². The Bertz CT molecular complexity index is 1060. The summed E-state index contributed by atoms with van der Waals surface area (Å²) < 4.78 is 44.3. The molecule has 27 heavy (non-hydrogen) atoms. The molecule has 0 radical (unpaired) electrons. The molecule has 2 aromatic carbocycles. The van der Waals surface area contributed by atoms with E-state index in [2.05, 4.69) is 14.7 Å². The highest BCUT2D eigenvalue weighted by Crippen LogP contribution is 2.33. The first kappa shape index (κ1) is 17.1. The van der Waals surface area contributed by atoms with E-state index in [0.29, 0.717) is 42.0 Å². The summed E-state index contributed by atoms with van der Waals surface area (Å²) in [6.07, 6.45) is 4.50. The van der Waals surface area contributed by atoms with Crippen molar-refractivity contribution in [2.45, 2.75) is 4.90 Å². The van der Waals surface area contributed by atoms with Crippen LogP contribution in [0.1, 0.15) is 0 Å². The quantitative estimate of drug-likeness (QED) is 0.721. The molecule has 0 fully saturated rings. The molecule has 0 unspecified atom stereocenters. The average Bonchev–Trinajstić information content (AvgIpc) is 2.68. The summed E-state index contributed by atoms with van der Waals surface area (Å²) >= 11 is 0. The molecule has 2 heterocycles. The predicted molar refractivity (Wildman–Crippen MR) is 96.8 cm³/mol. The molecule has 0 atom stereocenters. The number of hydrogen-bond donors (Lipinski definition) is 1. The van der Waals surface area contributed by atoms with Crippen molar-refractivity contribution < 1.29 is 22.6 Å². The lowest BCUT2D eigenvalue weighted by Gasteiger charge is -2.19. The lowest BCUT2D eigenvalue weighted by molar-refractivity contribution is 0.171. The number of aromatic nitrogens is 2. The Morgan fingerprint density at radius 1 is 1.00 bits per heavy atom. The lowest BCUT2D eigenvalue weighted by atomic mass is 10.3. The number of anilines is 1. The summed E-state index contributed by atoms with van der Waals surface area (Å²) in [5.74, 6) is 1.67. The second kappa shape index (κ2) is 7.12. The molecule has 1 aromatic heterocycles. The average molecular weight is 385 g/mol. The molecule has 0 saturated heterocycles. The fourth-order valence-corrected chi connectivity index (χ4v) is 3.55. The zero-order valence-electron chi connectivity index (χ0n) is 14.0. The van der Waals surface area contributed by atoms with Crippen molar-refractivity contribution in [1.29, 1.82) is 0 Å². The maximum Gasteiger partial charge on any atom is 0.262 e. The van der Waals surface area contributed by atoms with Crippen molar-refractivity contribution in [1.82, 2.24) is 9.97 Å². The van der Waals surface area contributed by atoms with Gasteiger partial charge in [0.05, 0.1) is 16.8 Å². The van der Waals surface area contributed by atoms with Crippen LogP contribution in [-0.2, 0) is 10.0 Å². The normalized spacial score (nSPS) is 13.0. The number of nitrogens with zero attached hydrogens (tertiary/aromatic N) is 2. The Morgan fingerprint density at radius 3 is 2.67 bits per heavy atom. The first-order chi connectivity index (χ1) is 13.1. The molecule has 0 bridgehead atoms. The highest BCUT2D eigenvalue weighted by Gasteiger charge is 2.19. The third-order valence-electron chi connectivity index (χ3n) is 3.67. The second-order valence-electron chi connectivity index (χ2n) is 5.58. The molecule has 0 spiro atoms. The minimum Gasteiger partial charge on any atom is -0.486 e. The van der Waals surface area contributed by atoms with Crippen LogP contribution in [0, 0.1) is 0 Å². The van der Waals surface area contributed by atoms with Gasteiger partial charge in [-0.25, -0.2) is 13.4 Å². The van der Waals surface area contributed by atoms with Crippen molar-refractivity contribution in [3.05, 3.63) is 61.1 Å². The van der Waals surface area contributed by atoms with E-state index < -0.39 is 10.0 Å². The Labute approximate surface area is 155 Å². The first-order valence-corrected chi connectivity index (χ1v) is 9.55. The van der Waals surface area contributed by atoms with Gasteiger partial charge >= 0.3 is 0 Å². The number of ether oxygens (including phenoxy) is 3. The summed E-state index contributed by atoms with van der Waals surface area (Å²) in [6, 6.07) is 11.0. The smallest absolute Gasteiger partial charge is 0.262 e.